The van der Waals surface area contributed by atoms with Gasteiger partial charge in [0.15, 0.2) is 0 Å². The van der Waals surface area contributed by atoms with Crippen LogP contribution in [0.3, 0.4) is 0 Å². The molecule has 0 spiro atoms. The molecule has 1 amide bonds. The molecule has 31 heavy (non-hydrogen) atoms. The maximum absolute atomic E-state index is 12.9. The third-order valence-corrected chi connectivity index (χ3v) is 5.20. The fourth-order valence-electron chi connectivity index (χ4n) is 3.30. The van der Waals surface area contributed by atoms with E-state index in [9.17, 15) is 19.5 Å². The van der Waals surface area contributed by atoms with E-state index in [0.717, 1.165) is 0 Å². The first kappa shape index (κ1) is 20.2. The van der Waals surface area contributed by atoms with E-state index in [2.05, 4.69) is 5.32 Å². The Labute approximate surface area is 176 Å². The molecule has 156 valence electrons. The fraction of sp³-hybridized carbons (Fsp3) is 0.125. The highest BCUT2D eigenvalue weighted by molar-refractivity contribution is 5.91. The number of benzene rings is 3. The normalized spacial score (nSPS) is 12.9. The van der Waals surface area contributed by atoms with E-state index in [1.807, 2.05) is 0 Å². The van der Waals surface area contributed by atoms with Crippen molar-refractivity contribution >= 4 is 39.7 Å². The van der Waals surface area contributed by atoms with Gasteiger partial charge in [-0.05, 0) is 48.9 Å². The van der Waals surface area contributed by atoms with Crippen LogP contribution >= 0.6 is 0 Å². The number of carboxylic acid groups (broad SMARTS) is 1. The van der Waals surface area contributed by atoms with Crippen LogP contribution in [0.1, 0.15) is 12.5 Å². The van der Waals surface area contributed by atoms with Crippen molar-refractivity contribution in [3.8, 4) is 0 Å². The van der Waals surface area contributed by atoms with Crippen molar-refractivity contribution in [1.82, 2.24) is 0 Å². The fourth-order valence-corrected chi connectivity index (χ4v) is 3.30. The number of nitrogens with one attached hydrogen (secondary N) is 1. The molecule has 0 aliphatic rings. The Morgan fingerprint density at radius 2 is 1.65 bits per heavy atom. The average Bonchev–Trinajstić information content (AvgIpc) is 2.78. The van der Waals surface area contributed by atoms with Crippen molar-refractivity contribution < 1.29 is 23.8 Å². The highest BCUT2D eigenvalue weighted by Gasteiger charge is 2.37. The smallest absolute Gasteiger partial charge is 0.411 e. The molecule has 3 aromatic carbocycles. The van der Waals surface area contributed by atoms with E-state index in [-0.39, 0.29) is 10.8 Å². The van der Waals surface area contributed by atoms with Crippen LogP contribution in [-0.4, -0.2) is 23.8 Å². The predicted octanol–water partition coefficient (Wildman–Crippen LogP) is 4.54. The molecule has 7 heteroatoms. The minimum atomic E-state index is -1.57. The maximum atomic E-state index is 12.9. The summed E-state index contributed by atoms with van der Waals surface area (Å²) in [6, 6.07) is 20.1. The van der Waals surface area contributed by atoms with Crippen LogP contribution < -0.4 is 10.7 Å². The van der Waals surface area contributed by atoms with Crippen LogP contribution in [0.15, 0.2) is 82.0 Å². The average molecular weight is 417 g/mol. The van der Waals surface area contributed by atoms with E-state index in [1.54, 1.807) is 66.7 Å². The van der Waals surface area contributed by atoms with Gasteiger partial charge in [0.05, 0.1) is 10.8 Å². The Hall–Kier alpha value is -4.13. The summed E-state index contributed by atoms with van der Waals surface area (Å²) in [6.07, 6.45) is -0.773. The second kappa shape index (κ2) is 7.95. The molecule has 1 atom stereocenters. The standard InChI is InChI=1S/C24H19NO6/c1-24(22(27)28,14-30-23(29)25-16-7-3-2-4-8-16)15-11-12-20-18(13-15)21(26)17-9-5-6-10-19(17)31-20/h2-13H,14H2,1H3,(H,25,29)(H,27,28). The van der Waals surface area contributed by atoms with Gasteiger partial charge in [-0.1, -0.05) is 36.4 Å². The van der Waals surface area contributed by atoms with Crippen LogP contribution in [0.2, 0.25) is 0 Å². The molecule has 0 bridgehead atoms. The molecule has 1 aromatic heterocycles. The lowest BCUT2D eigenvalue weighted by Gasteiger charge is -2.25. The molecule has 0 aliphatic carbocycles. The van der Waals surface area contributed by atoms with E-state index >= 15 is 0 Å². The van der Waals surface area contributed by atoms with Crippen molar-refractivity contribution in [2.45, 2.75) is 12.3 Å². The Morgan fingerprint density at radius 1 is 0.968 bits per heavy atom. The summed E-state index contributed by atoms with van der Waals surface area (Å²) >= 11 is 0. The van der Waals surface area contributed by atoms with Crippen LogP contribution in [0.25, 0.3) is 21.9 Å². The summed E-state index contributed by atoms with van der Waals surface area (Å²) in [5, 5.41) is 13.1. The minimum Gasteiger partial charge on any atom is -0.480 e. The van der Waals surface area contributed by atoms with Crippen molar-refractivity contribution in [1.29, 1.82) is 0 Å². The Bertz CT molecular complexity index is 1340. The van der Waals surface area contributed by atoms with Crippen LogP contribution in [0.5, 0.6) is 0 Å². The molecule has 0 radical (unpaired) electrons. The predicted molar refractivity (Wildman–Crippen MR) is 116 cm³/mol. The number of ether oxygens (including phenoxy) is 1. The second-order valence-corrected chi connectivity index (χ2v) is 7.34. The number of carbonyl (C=O) groups excluding carboxylic acids is 1. The quantitative estimate of drug-likeness (QED) is 0.462. The number of amides is 1. The van der Waals surface area contributed by atoms with Crippen molar-refractivity contribution in [3.05, 3.63) is 88.6 Å². The maximum Gasteiger partial charge on any atom is 0.411 e. The van der Waals surface area contributed by atoms with Gasteiger partial charge in [0.25, 0.3) is 0 Å². The lowest BCUT2D eigenvalue weighted by atomic mass is 9.82. The molecular weight excluding hydrogens is 398 g/mol. The highest BCUT2D eigenvalue weighted by atomic mass is 16.5. The highest BCUT2D eigenvalue weighted by Crippen LogP contribution is 2.28. The first-order chi connectivity index (χ1) is 14.9. The SMILES string of the molecule is CC(COC(=O)Nc1ccccc1)(C(=O)O)c1ccc2oc3ccccc3c(=O)c2c1. The third kappa shape index (κ3) is 3.85. The van der Waals surface area contributed by atoms with Gasteiger partial charge < -0.3 is 14.3 Å². The molecule has 4 aromatic rings. The summed E-state index contributed by atoms with van der Waals surface area (Å²) in [6.45, 7) is 1.01. The number of hydrogen-bond acceptors (Lipinski definition) is 5. The summed E-state index contributed by atoms with van der Waals surface area (Å²) in [5.41, 5.74) is -0.172. The van der Waals surface area contributed by atoms with Gasteiger partial charge in [-0.25, -0.2) is 4.79 Å². The minimum absolute atomic E-state index is 0.255. The van der Waals surface area contributed by atoms with E-state index in [4.69, 9.17) is 9.15 Å². The zero-order valence-electron chi connectivity index (χ0n) is 16.6. The monoisotopic (exact) mass is 417 g/mol. The van der Waals surface area contributed by atoms with E-state index in [0.29, 0.717) is 27.8 Å². The number of fused-ring (bicyclic) bond motifs is 2. The summed E-state index contributed by atoms with van der Waals surface area (Å²) in [7, 11) is 0. The summed E-state index contributed by atoms with van der Waals surface area (Å²) < 4.78 is 11.0. The lowest BCUT2D eigenvalue weighted by molar-refractivity contribution is -0.144. The van der Waals surface area contributed by atoms with Gasteiger partial charge in [0.1, 0.15) is 23.2 Å². The van der Waals surface area contributed by atoms with Crippen molar-refractivity contribution in [3.63, 3.8) is 0 Å². The van der Waals surface area contributed by atoms with Gasteiger partial charge in [-0.15, -0.1) is 0 Å². The summed E-state index contributed by atoms with van der Waals surface area (Å²) in [5.74, 6) is -1.19. The molecule has 4 rings (SSSR count). The number of anilines is 1. The first-order valence-corrected chi connectivity index (χ1v) is 9.57. The van der Waals surface area contributed by atoms with Gasteiger partial charge in [-0.2, -0.15) is 0 Å². The number of para-hydroxylation sites is 2. The zero-order chi connectivity index (χ0) is 22.0. The van der Waals surface area contributed by atoms with E-state index in [1.165, 1.54) is 13.0 Å². The Balaban J connectivity index is 1.66. The zero-order valence-corrected chi connectivity index (χ0v) is 16.6. The topological polar surface area (TPSA) is 106 Å². The van der Waals surface area contributed by atoms with Crippen molar-refractivity contribution in [2.75, 3.05) is 11.9 Å². The second-order valence-electron chi connectivity index (χ2n) is 7.34. The molecule has 7 nitrogen and oxygen atoms in total. The number of carboxylic acids is 1. The lowest BCUT2D eigenvalue weighted by Crippen LogP contribution is -2.39. The van der Waals surface area contributed by atoms with Crippen LogP contribution in [-0.2, 0) is 14.9 Å². The third-order valence-electron chi connectivity index (χ3n) is 5.20. The first-order valence-electron chi connectivity index (χ1n) is 9.57. The Kier molecular flexibility index (Phi) is 5.17. The van der Waals surface area contributed by atoms with Gasteiger partial charge in [-0.3, -0.25) is 14.9 Å². The van der Waals surface area contributed by atoms with Gasteiger partial charge >= 0.3 is 12.1 Å². The van der Waals surface area contributed by atoms with Gasteiger partial charge in [0, 0.05) is 5.69 Å². The number of carbonyl (C=O) groups is 2. The van der Waals surface area contributed by atoms with Gasteiger partial charge in [0.2, 0.25) is 5.43 Å². The molecule has 1 heterocycles. The number of aliphatic carboxylic acids is 1. The molecule has 0 saturated carbocycles. The molecule has 0 saturated heterocycles. The molecule has 1 unspecified atom stereocenters. The summed E-state index contributed by atoms with van der Waals surface area (Å²) in [4.78, 5) is 37.2. The number of hydrogen-bond donors (Lipinski definition) is 2. The molecule has 0 aliphatic heterocycles. The van der Waals surface area contributed by atoms with Crippen LogP contribution in [0, 0.1) is 0 Å². The largest absolute Gasteiger partial charge is 0.480 e. The molecule has 0 fully saturated rings. The number of rotatable bonds is 5. The van der Waals surface area contributed by atoms with Crippen molar-refractivity contribution in [2.24, 2.45) is 0 Å². The van der Waals surface area contributed by atoms with E-state index < -0.39 is 24.1 Å². The van der Waals surface area contributed by atoms with Crippen LogP contribution in [0.4, 0.5) is 10.5 Å². The molecule has 2 N–H and O–H groups in total. The Morgan fingerprint density at radius 3 is 2.39 bits per heavy atom. The molecular formula is C24H19NO6.